The number of ketones is 1. The summed E-state index contributed by atoms with van der Waals surface area (Å²) in [4.78, 5) is 15.3. The monoisotopic (exact) mass is 354 g/mol. The Balaban J connectivity index is 1.55. The Bertz CT molecular complexity index is 865. The van der Waals surface area contributed by atoms with Crippen LogP contribution in [0.3, 0.4) is 0 Å². The van der Waals surface area contributed by atoms with Gasteiger partial charge in [-0.1, -0.05) is 13.8 Å². The second-order valence-corrected chi connectivity index (χ2v) is 9.70. The third kappa shape index (κ3) is 2.47. The van der Waals surface area contributed by atoms with E-state index < -0.39 is 0 Å². The lowest BCUT2D eigenvalue weighted by atomic mass is 9.93. The van der Waals surface area contributed by atoms with E-state index in [1.54, 1.807) is 23.5 Å². The molecule has 1 fully saturated rings. The number of fused-ring (bicyclic) bond motifs is 3. The molecule has 0 unspecified atom stereocenters. The Kier molecular flexibility index (Phi) is 3.66. The lowest BCUT2D eigenvalue weighted by Crippen LogP contribution is -2.06. The van der Waals surface area contributed by atoms with Crippen LogP contribution in [0.25, 0.3) is 0 Å². The summed E-state index contributed by atoms with van der Waals surface area (Å²) in [6.07, 6.45) is 2.40. The molecule has 25 heavy (non-hydrogen) atoms. The van der Waals surface area contributed by atoms with Gasteiger partial charge in [-0.05, 0) is 90.8 Å². The average molecular weight is 355 g/mol. The van der Waals surface area contributed by atoms with Crippen molar-refractivity contribution in [3.8, 4) is 5.75 Å². The molecule has 1 heterocycles. The number of carbonyl (C=O) groups excluding carboxylic acids is 1. The molecule has 1 N–H and O–H groups in total. The summed E-state index contributed by atoms with van der Waals surface area (Å²) in [5, 5.41) is 9.69. The van der Waals surface area contributed by atoms with Crippen LogP contribution in [0.15, 0.2) is 12.1 Å². The molecule has 4 rings (SSSR count). The van der Waals surface area contributed by atoms with Gasteiger partial charge in [0, 0.05) is 11.3 Å². The molecular weight excluding hydrogens is 328 g/mol. The first kappa shape index (κ1) is 16.8. The van der Waals surface area contributed by atoms with Crippen LogP contribution in [0.2, 0.25) is 0 Å². The van der Waals surface area contributed by atoms with Gasteiger partial charge >= 0.3 is 0 Å². The maximum Gasteiger partial charge on any atom is 0.173 e. The van der Waals surface area contributed by atoms with Crippen LogP contribution in [0, 0.1) is 32.1 Å². The van der Waals surface area contributed by atoms with Crippen molar-refractivity contribution < 1.29 is 9.90 Å². The molecule has 2 aliphatic rings. The van der Waals surface area contributed by atoms with Gasteiger partial charge in [-0.3, -0.25) is 4.79 Å². The highest BCUT2D eigenvalue weighted by molar-refractivity contribution is 7.14. The smallest absolute Gasteiger partial charge is 0.173 e. The standard InChI is InChI=1S/C22H26O2S/c1-11-8-14(23)9-12(2)15(11)6-7-18(24)21-16-10-17-20(22(17,4)5)19(16)13(3)25-21/h8-9,17,20,23H,6-7,10H2,1-5H3/t17-,20-/m1/s1. The number of phenols is 1. The van der Waals surface area contributed by atoms with E-state index in [1.165, 1.54) is 21.6 Å². The van der Waals surface area contributed by atoms with E-state index in [0.29, 0.717) is 29.3 Å². The van der Waals surface area contributed by atoms with Crippen molar-refractivity contribution in [1.29, 1.82) is 0 Å². The number of aromatic hydroxyl groups is 1. The van der Waals surface area contributed by atoms with E-state index in [0.717, 1.165) is 34.8 Å². The molecular formula is C22H26O2S. The van der Waals surface area contributed by atoms with E-state index in [4.69, 9.17) is 0 Å². The minimum atomic E-state index is 0.292. The van der Waals surface area contributed by atoms with Crippen LogP contribution in [0.4, 0.5) is 0 Å². The van der Waals surface area contributed by atoms with Gasteiger partial charge in [0.1, 0.15) is 5.75 Å². The maximum atomic E-state index is 12.9. The SMILES string of the molecule is Cc1cc(O)cc(C)c1CCC(=O)c1sc(C)c2c1C[C@@H]1[C@H]2C1(C)C. The first-order valence-corrected chi connectivity index (χ1v) is 9.98. The number of benzene rings is 1. The number of carbonyl (C=O) groups is 1. The first-order valence-electron chi connectivity index (χ1n) is 9.16. The van der Waals surface area contributed by atoms with Gasteiger partial charge in [-0.2, -0.15) is 0 Å². The fourth-order valence-corrected chi connectivity index (χ4v) is 6.27. The molecule has 132 valence electrons. The van der Waals surface area contributed by atoms with Crippen molar-refractivity contribution in [3.63, 3.8) is 0 Å². The average Bonchev–Trinajstić information content (AvgIpc) is 2.86. The zero-order chi connectivity index (χ0) is 18.1. The van der Waals surface area contributed by atoms with Gasteiger partial charge in [-0.15, -0.1) is 11.3 Å². The van der Waals surface area contributed by atoms with Gasteiger partial charge in [0.25, 0.3) is 0 Å². The van der Waals surface area contributed by atoms with E-state index in [9.17, 15) is 9.90 Å². The number of Topliss-reactive ketones (excluding diaryl/α,β-unsaturated/α-hetero) is 1. The first-order chi connectivity index (χ1) is 11.7. The van der Waals surface area contributed by atoms with Crippen molar-refractivity contribution in [1.82, 2.24) is 0 Å². The fraction of sp³-hybridized carbons (Fsp3) is 0.500. The van der Waals surface area contributed by atoms with Gasteiger partial charge in [0.2, 0.25) is 0 Å². The summed E-state index contributed by atoms with van der Waals surface area (Å²) in [5.41, 5.74) is 6.63. The minimum Gasteiger partial charge on any atom is -0.508 e. The third-order valence-electron chi connectivity index (χ3n) is 6.56. The number of phenolic OH excluding ortho intramolecular Hbond substituents is 1. The predicted molar refractivity (Wildman–Crippen MR) is 103 cm³/mol. The van der Waals surface area contributed by atoms with Gasteiger partial charge < -0.3 is 5.11 Å². The highest BCUT2D eigenvalue weighted by Gasteiger charge is 2.63. The van der Waals surface area contributed by atoms with Gasteiger partial charge in [0.15, 0.2) is 5.78 Å². The molecule has 2 aromatic rings. The molecule has 1 aromatic heterocycles. The summed E-state index contributed by atoms with van der Waals surface area (Å²) in [5.74, 6) is 2.03. The molecule has 0 aliphatic heterocycles. The van der Waals surface area contributed by atoms with Crippen LogP contribution in [-0.2, 0) is 12.8 Å². The topological polar surface area (TPSA) is 37.3 Å². The number of thiophene rings is 1. The highest BCUT2D eigenvalue weighted by Crippen LogP contribution is 2.71. The molecule has 0 bridgehead atoms. The lowest BCUT2D eigenvalue weighted by molar-refractivity contribution is 0.0985. The van der Waals surface area contributed by atoms with Crippen molar-refractivity contribution >= 4 is 17.1 Å². The molecule has 0 amide bonds. The lowest BCUT2D eigenvalue weighted by Gasteiger charge is -2.11. The maximum absolute atomic E-state index is 12.9. The molecule has 2 aliphatic carbocycles. The second-order valence-electron chi connectivity index (χ2n) is 8.47. The van der Waals surface area contributed by atoms with Crippen LogP contribution >= 0.6 is 11.3 Å². The minimum absolute atomic E-state index is 0.292. The normalized spacial score (nSPS) is 22.6. The molecule has 0 spiro atoms. The Hall–Kier alpha value is -1.61. The summed E-state index contributed by atoms with van der Waals surface area (Å²) in [6, 6.07) is 3.57. The fourth-order valence-electron chi connectivity index (χ4n) is 5.07. The zero-order valence-electron chi connectivity index (χ0n) is 15.7. The van der Waals surface area contributed by atoms with Crippen LogP contribution in [0.5, 0.6) is 5.75 Å². The van der Waals surface area contributed by atoms with Crippen molar-refractivity contribution in [2.75, 3.05) is 0 Å². The van der Waals surface area contributed by atoms with E-state index in [-0.39, 0.29) is 0 Å². The number of rotatable bonds is 4. The molecule has 0 saturated heterocycles. The second kappa shape index (κ2) is 5.44. The third-order valence-corrected chi connectivity index (χ3v) is 7.76. The molecule has 1 aromatic carbocycles. The number of hydrogen-bond acceptors (Lipinski definition) is 3. The molecule has 2 atom stereocenters. The summed E-state index contributed by atoms with van der Waals surface area (Å²) in [6.45, 7) is 10.9. The van der Waals surface area contributed by atoms with Crippen LogP contribution in [-0.4, -0.2) is 10.9 Å². The van der Waals surface area contributed by atoms with Gasteiger partial charge in [-0.25, -0.2) is 0 Å². The Morgan fingerprint density at radius 2 is 1.88 bits per heavy atom. The largest absolute Gasteiger partial charge is 0.508 e. The molecule has 0 radical (unpaired) electrons. The Labute approximate surface area is 153 Å². The van der Waals surface area contributed by atoms with Crippen molar-refractivity contribution in [3.05, 3.63) is 49.7 Å². The van der Waals surface area contributed by atoms with Crippen molar-refractivity contribution in [2.24, 2.45) is 11.3 Å². The molecule has 3 heteroatoms. The summed E-state index contributed by atoms with van der Waals surface area (Å²) < 4.78 is 0. The highest BCUT2D eigenvalue weighted by atomic mass is 32.1. The predicted octanol–water partition coefficient (Wildman–Crippen LogP) is 5.49. The number of hydrogen-bond donors (Lipinski definition) is 1. The van der Waals surface area contributed by atoms with Crippen molar-refractivity contribution in [2.45, 2.75) is 59.8 Å². The Morgan fingerprint density at radius 1 is 1.24 bits per heavy atom. The van der Waals surface area contributed by atoms with Gasteiger partial charge in [0.05, 0.1) is 4.88 Å². The van der Waals surface area contributed by atoms with Crippen LogP contribution in [0.1, 0.15) is 68.6 Å². The quantitative estimate of drug-likeness (QED) is 0.737. The van der Waals surface area contributed by atoms with E-state index >= 15 is 0 Å². The van der Waals surface area contributed by atoms with E-state index in [1.807, 2.05) is 13.8 Å². The summed E-state index contributed by atoms with van der Waals surface area (Å²) >= 11 is 1.71. The zero-order valence-corrected chi connectivity index (χ0v) is 16.5. The molecule has 1 saturated carbocycles. The van der Waals surface area contributed by atoms with Crippen LogP contribution < -0.4 is 0 Å². The summed E-state index contributed by atoms with van der Waals surface area (Å²) in [7, 11) is 0. The Morgan fingerprint density at radius 3 is 2.52 bits per heavy atom. The number of aryl methyl sites for hydroxylation is 3. The molecule has 2 nitrogen and oxygen atoms in total. The van der Waals surface area contributed by atoms with E-state index in [2.05, 4.69) is 20.8 Å².